The van der Waals surface area contributed by atoms with Crippen LogP contribution in [0.4, 0.5) is 8.78 Å². The summed E-state index contributed by atoms with van der Waals surface area (Å²) >= 11 is 0. The smallest absolute Gasteiger partial charge is 0.133 e. The van der Waals surface area contributed by atoms with Crippen LogP contribution >= 0.6 is 0 Å². The minimum Gasteiger partial charge on any atom is -0.329 e. The Kier molecular flexibility index (Phi) is 2.95. The fraction of sp³-hybridized carbons (Fsp3) is 0.333. The molecule has 0 aliphatic rings. The molecule has 13 heavy (non-hydrogen) atoms. The Labute approximate surface area is 75.5 Å². The molecule has 0 saturated carbocycles. The van der Waals surface area contributed by atoms with E-state index in [1.807, 2.05) is 0 Å². The van der Waals surface area contributed by atoms with Crippen LogP contribution in [0.25, 0.3) is 0 Å². The molecule has 0 spiro atoms. The molecule has 4 N–H and O–H groups in total. The second kappa shape index (κ2) is 3.81. The topological polar surface area (TPSA) is 52.0 Å². The summed E-state index contributed by atoms with van der Waals surface area (Å²) in [7, 11) is 0. The highest BCUT2D eigenvalue weighted by atomic mass is 19.1. The highest BCUT2D eigenvalue weighted by molar-refractivity contribution is 5.29. The zero-order valence-electron chi connectivity index (χ0n) is 7.35. The van der Waals surface area contributed by atoms with Gasteiger partial charge in [0.25, 0.3) is 0 Å². The maximum absolute atomic E-state index is 13.3. The summed E-state index contributed by atoms with van der Waals surface area (Å²) in [5.74, 6) is -1.24. The molecule has 4 heteroatoms. The lowest BCUT2D eigenvalue weighted by atomic mass is 10.0. The predicted octanol–water partition coefficient (Wildman–Crippen LogP) is 1.23. The molecule has 0 fully saturated rings. The molecule has 0 radical (unpaired) electrons. The summed E-state index contributed by atoms with van der Waals surface area (Å²) in [5, 5.41) is 0. The Morgan fingerprint density at radius 2 is 2.00 bits per heavy atom. The molecule has 1 aromatic rings. The van der Waals surface area contributed by atoms with Crippen LogP contribution in [0.3, 0.4) is 0 Å². The average Bonchev–Trinajstić information content (AvgIpc) is 2.12. The van der Waals surface area contributed by atoms with E-state index in [2.05, 4.69) is 0 Å². The van der Waals surface area contributed by atoms with Gasteiger partial charge in [0.1, 0.15) is 11.6 Å². The van der Waals surface area contributed by atoms with Gasteiger partial charge in [0, 0.05) is 18.2 Å². The molecule has 0 unspecified atom stereocenters. The van der Waals surface area contributed by atoms with Gasteiger partial charge in [-0.1, -0.05) is 6.07 Å². The quantitative estimate of drug-likeness (QED) is 0.729. The van der Waals surface area contributed by atoms with E-state index >= 15 is 0 Å². The van der Waals surface area contributed by atoms with Crippen LogP contribution in [0.15, 0.2) is 12.1 Å². The molecule has 1 atom stereocenters. The van der Waals surface area contributed by atoms with E-state index in [1.54, 1.807) is 6.92 Å². The first-order valence-corrected chi connectivity index (χ1v) is 3.98. The van der Waals surface area contributed by atoms with E-state index in [0.717, 1.165) is 0 Å². The predicted molar refractivity (Wildman–Crippen MR) is 47.1 cm³/mol. The largest absolute Gasteiger partial charge is 0.329 e. The van der Waals surface area contributed by atoms with Crippen LogP contribution in [0.5, 0.6) is 0 Å². The van der Waals surface area contributed by atoms with E-state index in [0.29, 0.717) is 5.56 Å². The Hall–Kier alpha value is -1.00. The number of nitrogens with two attached hydrogens (primary N) is 2. The van der Waals surface area contributed by atoms with Gasteiger partial charge in [-0.25, -0.2) is 8.78 Å². The first-order valence-electron chi connectivity index (χ1n) is 3.98. The fourth-order valence-electron chi connectivity index (χ4n) is 1.14. The standard InChI is InChI=1S/C9H12F2N2/c1-5-2-3-6(10)8(9(5)11)7(13)4-12/h2-3,7H,4,12-13H2,1H3/t7-/m0/s1. The van der Waals surface area contributed by atoms with Crippen molar-refractivity contribution in [3.63, 3.8) is 0 Å². The lowest BCUT2D eigenvalue weighted by Gasteiger charge is -2.12. The van der Waals surface area contributed by atoms with Crippen molar-refractivity contribution >= 4 is 0 Å². The van der Waals surface area contributed by atoms with Gasteiger partial charge in [0.05, 0.1) is 0 Å². The summed E-state index contributed by atoms with van der Waals surface area (Å²) < 4.78 is 26.4. The van der Waals surface area contributed by atoms with E-state index in [4.69, 9.17) is 11.5 Å². The van der Waals surface area contributed by atoms with E-state index in [1.165, 1.54) is 12.1 Å². The maximum atomic E-state index is 13.3. The Bertz CT molecular complexity index is 313. The SMILES string of the molecule is Cc1ccc(F)c([C@@H](N)CN)c1F. The van der Waals surface area contributed by atoms with Crippen LogP contribution in [0.1, 0.15) is 17.2 Å². The van der Waals surface area contributed by atoms with E-state index in [9.17, 15) is 8.78 Å². The summed E-state index contributed by atoms with van der Waals surface area (Å²) in [5.41, 5.74) is 10.9. The third-order valence-electron chi connectivity index (χ3n) is 1.94. The molecule has 1 rings (SSSR count). The number of halogens is 2. The number of aryl methyl sites for hydroxylation is 1. The van der Waals surface area contributed by atoms with Crippen molar-refractivity contribution < 1.29 is 8.78 Å². The van der Waals surface area contributed by atoms with Crippen LogP contribution in [0, 0.1) is 18.6 Å². The second-order valence-electron chi connectivity index (χ2n) is 2.93. The molecule has 0 amide bonds. The monoisotopic (exact) mass is 186 g/mol. The molecule has 0 saturated heterocycles. The number of hydrogen-bond acceptors (Lipinski definition) is 2. The zero-order valence-corrected chi connectivity index (χ0v) is 7.35. The Morgan fingerprint density at radius 1 is 1.38 bits per heavy atom. The molecule has 0 aliphatic heterocycles. The van der Waals surface area contributed by atoms with Crippen LogP contribution in [-0.4, -0.2) is 6.54 Å². The van der Waals surface area contributed by atoms with Crippen molar-refractivity contribution in [2.75, 3.05) is 6.54 Å². The van der Waals surface area contributed by atoms with E-state index in [-0.39, 0.29) is 12.1 Å². The van der Waals surface area contributed by atoms with Gasteiger partial charge in [-0.3, -0.25) is 0 Å². The maximum Gasteiger partial charge on any atom is 0.133 e. The Balaban J connectivity index is 3.25. The van der Waals surface area contributed by atoms with Crippen molar-refractivity contribution in [2.24, 2.45) is 11.5 Å². The van der Waals surface area contributed by atoms with Crippen molar-refractivity contribution in [1.29, 1.82) is 0 Å². The lowest BCUT2D eigenvalue weighted by molar-refractivity contribution is 0.523. The summed E-state index contributed by atoms with van der Waals surface area (Å²) in [6, 6.07) is 1.79. The van der Waals surface area contributed by atoms with E-state index < -0.39 is 17.7 Å². The minimum absolute atomic E-state index is 0.0251. The highest BCUT2D eigenvalue weighted by Crippen LogP contribution is 2.20. The van der Waals surface area contributed by atoms with Crippen molar-refractivity contribution in [1.82, 2.24) is 0 Å². The van der Waals surface area contributed by atoms with Gasteiger partial charge in [-0.2, -0.15) is 0 Å². The summed E-state index contributed by atoms with van der Waals surface area (Å²) in [6.45, 7) is 1.58. The van der Waals surface area contributed by atoms with Crippen molar-refractivity contribution in [2.45, 2.75) is 13.0 Å². The summed E-state index contributed by atoms with van der Waals surface area (Å²) in [6.07, 6.45) is 0. The molecular weight excluding hydrogens is 174 g/mol. The number of hydrogen-bond donors (Lipinski definition) is 2. The number of rotatable bonds is 2. The molecule has 2 nitrogen and oxygen atoms in total. The third kappa shape index (κ3) is 1.84. The van der Waals surface area contributed by atoms with Gasteiger partial charge in [-0.05, 0) is 18.6 Å². The molecular formula is C9H12F2N2. The first kappa shape index (κ1) is 10.1. The minimum atomic E-state index is -0.778. The highest BCUT2D eigenvalue weighted by Gasteiger charge is 2.16. The molecule has 0 aromatic heterocycles. The van der Waals surface area contributed by atoms with Crippen molar-refractivity contribution in [3.8, 4) is 0 Å². The third-order valence-corrected chi connectivity index (χ3v) is 1.94. The first-order chi connectivity index (χ1) is 6.07. The number of benzene rings is 1. The lowest BCUT2D eigenvalue weighted by Crippen LogP contribution is -2.23. The van der Waals surface area contributed by atoms with Gasteiger partial charge in [0.15, 0.2) is 0 Å². The van der Waals surface area contributed by atoms with Crippen LogP contribution in [0.2, 0.25) is 0 Å². The van der Waals surface area contributed by atoms with Gasteiger partial charge in [-0.15, -0.1) is 0 Å². The van der Waals surface area contributed by atoms with Gasteiger partial charge < -0.3 is 11.5 Å². The van der Waals surface area contributed by atoms with Crippen molar-refractivity contribution in [3.05, 3.63) is 34.9 Å². The van der Waals surface area contributed by atoms with Gasteiger partial charge >= 0.3 is 0 Å². The molecule has 0 aliphatic carbocycles. The zero-order chi connectivity index (χ0) is 10.0. The van der Waals surface area contributed by atoms with Crippen LogP contribution in [-0.2, 0) is 0 Å². The molecule has 0 bridgehead atoms. The normalized spacial score (nSPS) is 13.0. The molecule has 72 valence electrons. The fourth-order valence-corrected chi connectivity index (χ4v) is 1.14. The van der Waals surface area contributed by atoms with Crippen LogP contribution < -0.4 is 11.5 Å². The molecule has 0 heterocycles. The van der Waals surface area contributed by atoms with Gasteiger partial charge in [0.2, 0.25) is 0 Å². The average molecular weight is 186 g/mol. The second-order valence-corrected chi connectivity index (χ2v) is 2.93. The molecule has 1 aromatic carbocycles. The Morgan fingerprint density at radius 3 is 2.54 bits per heavy atom. The summed E-state index contributed by atoms with van der Waals surface area (Å²) in [4.78, 5) is 0.